The van der Waals surface area contributed by atoms with Gasteiger partial charge in [0.05, 0.1) is 5.92 Å². The van der Waals surface area contributed by atoms with Crippen LogP contribution < -0.4 is 10.2 Å². The fraction of sp³-hybridized carbons (Fsp3) is 0.300. The minimum absolute atomic E-state index is 0.0839. The highest BCUT2D eigenvalue weighted by molar-refractivity contribution is 7.15. The van der Waals surface area contributed by atoms with E-state index < -0.39 is 11.6 Å². The number of nitrogens with zero attached hydrogens (tertiary/aromatic N) is 4. The highest BCUT2D eigenvalue weighted by Gasteiger charge is 2.27. The number of anilines is 2. The highest BCUT2D eigenvalue weighted by atomic mass is 32.1. The number of nitrogens with one attached hydrogen (secondary N) is 1. The van der Waals surface area contributed by atoms with Crippen LogP contribution in [0.1, 0.15) is 23.3 Å². The Hall–Kier alpha value is -2.94. The number of carbonyl (C=O) groups excluding carboxylic acids is 1. The molecule has 1 aromatic carbocycles. The number of amides is 1. The number of halogens is 2. The van der Waals surface area contributed by atoms with Crippen molar-refractivity contribution < 1.29 is 13.6 Å². The molecule has 0 spiro atoms. The standard InChI is InChI=1S/C20H19F2N5OS/c21-16-5-4-13(10-17(16)22)9-15-11-25-20(29-15)26-18(28)14-3-1-8-27(12-14)19-23-6-2-7-24-19/h2,4-7,10-11,14H,1,3,8-9,12H2,(H,25,26,28). The fourth-order valence-electron chi connectivity index (χ4n) is 3.33. The van der Waals surface area contributed by atoms with E-state index in [-0.39, 0.29) is 11.8 Å². The van der Waals surface area contributed by atoms with Gasteiger partial charge in [0.2, 0.25) is 11.9 Å². The summed E-state index contributed by atoms with van der Waals surface area (Å²) in [5.74, 6) is -1.36. The first-order chi connectivity index (χ1) is 14.1. The first kappa shape index (κ1) is 19.4. The Morgan fingerprint density at radius 1 is 1.21 bits per heavy atom. The minimum atomic E-state index is -0.871. The first-order valence-electron chi connectivity index (χ1n) is 9.30. The van der Waals surface area contributed by atoms with Crippen molar-refractivity contribution in [3.8, 4) is 0 Å². The van der Waals surface area contributed by atoms with Crippen molar-refractivity contribution >= 4 is 28.3 Å². The lowest BCUT2D eigenvalue weighted by Crippen LogP contribution is -2.41. The van der Waals surface area contributed by atoms with E-state index in [1.807, 2.05) is 4.90 Å². The topological polar surface area (TPSA) is 71.0 Å². The summed E-state index contributed by atoms with van der Waals surface area (Å²) in [5.41, 5.74) is 0.649. The van der Waals surface area contributed by atoms with Gasteiger partial charge in [-0.3, -0.25) is 4.79 Å². The summed E-state index contributed by atoms with van der Waals surface area (Å²) < 4.78 is 26.4. The van der Waals surface area contributed by atoms with Gasteiger partial charge in [0.15, 0.2) is 16.8 Å². The van der Waals surface area contributed by atoms with Crippen molar-refractivity contribution in [2.24, 2.45) is 5.92 Å². The van der Waals surface area contributed by atoms with Crippen LogP contribution in [0.15, 0.2) is 42.9 Å². The summed E-state index contributed by atoms with van der Waals surface area (Å²) in [5, 5.41) is 3.38. The van der Waals surface area contributed by atoms with Crippen molar-refractivity contribution in [2.75, 3.05) is 23.3 Å². The minimum Gasteiger partial charge on any atom is -0.340 e. The van der Waals surface area contributed by atoms with Crippen LogP contribution in [0.25, 0.3) is 0 Å². The molecule has 1 amide bonds. The Morgan fingerprint density at radius 3 is 2.83 bits per heavy atom. The molecule has 0 radical (unpaired) electrons. The Bertz CT molecular complexity index is 998. The summed E-state index contributed by atoms with van der Waals surface area (Å²) in [7, 11) is 0. The molecule has 1 N–H and O–H groups in total. The molecule has 1 unspecified atom stereocenters. The lowest BCUT2D eigenvalue weighted by Gasteiger charge is -2.31. The van der Waals surface area contributed by atoms with Crippen molar-refractivity contribution in [3.05, 3.63) is 64.9 Å². The summed E-state index contributed by atoms with van der Waals surface area (Å²) in [6.45, 7) is 1.38. The second kappa shape index (κ2) is 8.60. The molecule has 1 saturated heterocycles. The fourth-order valence-corrected chi connectivity index (χ4v) is 4.18. The lowest BCUT2D eigenvalue weighted by molar-refractivity contribution is -0.120. The zero-order valence-corrected chi connectivity index (χ0v) is 16.3. The predicted octanol–water partition coefficient (Wildman–Crippen LogP) is 3.66. The number of piperidine rings is 1. The van der Waals surface area contributed by atoms with Crippen LogP contribution in [0.2, 0.25) is 0 Å². The van der Waals surface area contributed by atoms with Crippen LogP contribution >= 0.6 is 11.3 Å². The van der Waals surface area contributed by atoms with Gasteiger partial charge >= 0.3 is 0 Å². The van der Waals surface area contributed by atoms with Crippen molar-refractivity contribution in [2.45, 2.75) is 19.3 Å². The SMILES string of the molecule is O=C(Nc1ncc(Cc2ccc(F)c(F)c2)s1)C1CCCN(c2ncccn2)C1. The van der Waals surface area contributed by atoms with Crippen LogP contribution in [0.5, 0.6) is 0 Å². The second-order valence-electron chi connectivity index (χ2n) is 6.88. The largest absolute Gasteiger partial charge is 0.340 e. The van der Waals surface area contributed by atoms with Gasteiger partial charge in [0.1, 0.15) is 0 Å². The van der Waals surface area contributed by atoms with Crippen LogP contribution in [0.3, 0.4) is 0 Å². The molecule has 4 rings (SSSR count). The van der Waals surface area contributed by atoms with Crippen molar-refractivity contribution in [3.63, 3.8) is 0 Å². The van der Waals surface area contributed by atoms with E-state index in [1.54, 1.807) is 30.7 Å². The maximum atomic E-state index is 13.4. The molecule has 9 heteroatoms. The van der Waals surface area contributed by atoms with Crippen LogP contribution in [0, 0.1) is 17.6 Å². The molecule has 0 bridgehead atoms. The third kappa shape index (κ3) is 4.73. The van der Waals surface area contributed by atoms with E-state index in [1.165, 1.54) is 17.4 Å². The molecule has 29 heavy (non-hydrogen) atoms. The molecule has 150 valence electrons. The maximum Gasteiger partial charge on any atom is 0.231 e. The van der Waals surface area contributed by atoms with E-state index in [9.17, 15) is 13.6 Å². The molecule has 0 aliphatic carbocycles. The van der Waals surface area contributed by atoms with E-state index in [2.05, 4.69) is 20.3 Å². The molecule has 1 aliphatic rings. The summed E-state index contributed by atoms with van der Waals surface area (Å²) >= 11 is 1.33. The molecule has 1 aliphatic heterocycles. The maximum absolute atomic E-state index is 13.4. The van der Waals surface area contributed by atoms with Gasteiger partial charge in [0.25, 0.3) is 0 Å². The summed E-state index contributed by atoms with van der Waals surface area (Å²) in [4.78, 5) is 28.3. The Labute approximate surface area is 170 Å². The number of benzene rings is 1. The van der Waals surface area contributed by atoms with Crippen LogP contribution in [0.4, 0.5) is 19.9 Å². The molecule has 6 nitrogen and oxygen atoms in total. The molecular formula is C20H19F2N5OS. The average molecular weight is 415 g/mol. The summed E-state index contributed by atoms with van der Waals surface area (Å²) in [6, 6.07) is 5.59. The third-order valence-electron chi connectivity index (χ3n) is 4.77. The van der Waals surface area contributed by atoms with E-state index >= 15 is 0 Å². The number of carbonyl (C=O) groups is 1. The van der Waals surface area contributed by atoms with Crippen LogP contribution in [-0.2, 0) is 11.2 Å². The Kier molecular flexibility index (Phi) is 5.75. The molecule has 1 atom stereocenters. The molecule has 2 aromatic heterocycles. The number of aromatic nitrogens is 3. The molecule has 0 saturated carbocycles. The van der Waals surface area contributed by atoms with Gasteiger partial charge < -0.3 is 10.2 Å². The van der Waals surface area contributed by atoms with Crippen molar-refractivity contribution in [1.82, 2.24) is 15.0 Å². The normalized spacial score (nSPS) is 16.6. The Balaban J connectivity index is 1.36. The zero-order chi connectivity index (χ0) is 20.2. The van der Waals surface area contributed by atoms with Crippen LogP contribution in [-0.4, -0.2) is 33.9 Å². The Morgan fingerprint density at radius 2 is 2.03 bits per heavy atom. The van der Waals surface area contributed by atoms with Gasteiger partial charge in [-0.1, -0.05) is 6.07 Å². The molecule has 3 aromatic rings. The van der Waals surface area contributed by atoms with Gasteiger partial charge in [-0.05, 0) is 36.6 Å². The number of rotatable bonds is 5. The van der Waals surface area contributed by atoms with Gasteiger partial charge in [-0.15, -0.1) is 11.3 Å². The monoisotopic (exact) mass is 415 g/mol. The smallest absolute Gasteiger partial charge is 0.231 e. The summed E-state index contributed by atoms with van der Waals surface area (Å²) in [6.07, 6.45) is 7.13. The zero-order valence-electron chi connectivity index (χ0n) is 15.5. The number of hydrogen-bond acceptors (Lipinski definition) is 6. The highest BCUT2D eigenvalue weighted by Crippen LogP contribution is 2.25. The van der Waals surface area contributed by atoms with E-state index in [4.69, 9.17) is 0 Å². The molecular weight excluding hydrogens is 396 g/mol. The number of thiazole rings is 1. The predicted molar refractivity (Wildman–Crippen MR) is 107 cm³/mol. The first-order valence-corrected chi connectivity index (χ1v) is 10.1. The van der Waals surface area contributed by atoms with Crippen molar-refractivity contribution in [1.29, 1.82) is 0 Å². The molecule has 1 fully saturated rings. The van der Waals surface area contributed by atoms with Gasteiger partial charge in [0, 0.05) is 43.0 Å². The van der Waals surface area contributed by atoms with E-state index in [0.717, 1.165) is 30.3 Å². The average Bonchev–Trinajstić information content (AvgIpc) is 3.18. The van der Waals surface area contributed by atoms with Gasteiger partial charge in [-0.25, -0.2) is 23.7 Å². The third-order valence-corrected chi connectivity index (χ3v) is 5.69. The second-order valence-corrected chi connectivity index (χ2v) is 8.00. The lowest BCUT2D eigenvalue weighted by atomic mass is 9.97. The molecule has 3 heterocycles. The van der Waals surface area contributed by atoms with E-state index in [0.29, 0.717) is 29.6 Å². The quantitative estimate of drug-likeness (QED) is 0.689. The number of hydrogen-bond donors (Lipinski definition) is 1. The van der Waals surface area contributed by atoms with Gasteiger partial charge in [-0.2, -0.15) is 0 Å².